The van der Waals surface area contributed by atoms with E-state index in [4.69, 9.17) is 23.4 Å². The topological polar surface area (TPSA) is 63.2 Å². The number of rotatable bonds is 13. The van der Waals surface area contributed by atoms with Crippen molar-refractivity contribution in [2.24, 2.45) is 11.8 Å². The number of aldehydes is 1. The smallest absolute Gasteiger partial charge is 0.191 e. The highest BCUT2D eigenvalue weighted by Gasteiger charge is 2.48. The van der Waals surface area contributed by atoms with Gasteiger partial charge in [0.25, 0.3) is 0 Å². The van der Waals surface area contributed by atoms with Crippen molar-refractivity contribution < 1.29 is 28.2 Å². The van der Waals surface area contributed by atoms with Gasteiger partial charge in [0, 0.05) is 38.6 Å². The van der Waals surface area contributed by atoms with Crippen molar-refractivity contribution >= 4 is 14.6 Å². The summed E-state index contributed by atoms with van der Waals surface area (Å²) in [6.07, 6.45) is 16.1. The average molecular weight is 525 g/mol. The molecule has 1 saturated carbocycles. The van der Waals surface area contributed by atoms with E-state index >= 15 is 0 Å². The van der Waals surface area contributed by atoms with Crippen molar-refractivity contribution in [3.8, 4) is 0 Å². The fourth-order valence-electron chi connectivity index (χ4n) is 5.24. The Morgan fingerprint density at radius 3 is 2.00 bits per heavy atom. The first kappa shape index (κ1) is 30.0. The van der Waals surface area contributed by atoms with Crippen molar-refractivity contribution in [2.45, 2.75) is 134 Å². The highest BCUT2D eigenvalue weighted by Crippen LogP contribution is 2.43. The molecule has 2 heterocycles. The molecule has 6 nitrogen and oxygen atoms in total. The van der Waals surface area contributed by atoms with E-state index in [1.807, 2.05) is 0 Å². The lowest BCUT2D eigenvalue weighted by Crippen LogP contribution is -2.44. The molecular formula is C29H52O6Si. The third kappa shape index (κ3) is 9.02. The van der Waals surface area contributed by atoms with E-state index in [9.17, 15) is 4.79 Å². The Hall–Kier alpha value is -0.573. The van der Waals surface area contributed by atoms with Crippen LogP contribution in [0.1, 0.15) is 91.4 Å². The molecule has 3 rings (SSSR count). The predicted octanol–water partition coefficient (Wildman–Crippen LogP) is 6.78. The van der Waals surface area contributed by atoms with E-state index < -0.39 is 8.32 Å². The summed E-state index contributed by atoms with van der Waals surface area (Å²) in [5, 5.41) is 0.161. The van der Waals surface area contributed by atoms with Crippen LogP contribution < -0.4 is 0 Å². The van der Waals surface area contributed by atoms with Gasteiger partial charge in [-0.1, -0.05) is 32.9 Å². The van der Waals surface area contributed by atoms with Crippen LogP contribution in [0.2, 0.25) is 18.1 Å². The van der Waals surface area contributed by atoms with Crippen molar-refractivity contribution in [2.75, 3.05) is 19.8 Å². The molecule has 0 amide bonds. The minimum absolute atomic E-state index is 0.0555. The highest BCUT2D eigenvalue weighted by molar-refractivity contribution is 6.74. The van der Waals surface area contributed by atoms with Crippen molar-refractivity contribution in [3.05, 3.63) is 12.2 Å². The van der Waals surface area contributed by atoms with Crippen LogP contribution in [-0.4, -0.2) is 59.2 Å². The van der Waals surface area contributed by atoms with Crippen LogP contribution in [-0.2, 0) is 28.2 Å². The molecule has 0 radical (unpaired) electrons. The van der Waals surface area contributed by atoms with Crippen molar-refractivity contribution in [3.63, 3.8) is 0 Å². The largest absolute Gasteiger partial charge is 0.416 e. The fourth-order valence-corrected chi connectivity index (χ4v) is 6.28. The Morgan fingerprint density at radius 1 is 0.861 bits per heavy atom. The van der Waals surface area contributed by atoms with Crippen LogP contribution in [0.25, 0.3) is 0 Å². The van der Waals surface area contributed by atoms with Gasteiger partial charge in [0.1, 0.15) is 6.29 Å². The predicted molar refractivity (Wildman–Crippen MR) is 145 cm³/mol. The number of hydrogen-bond acceptors (Lipinski definition) is 6. The van der Waals surface area contributed by atoms with Crippen molar-refractivity contribution in [1.82, 2.24) is 0 Å². The van der Waals surface area contributed by atoms with E-state index in [1.165, 1.54) is 0 Å². The summed E-state index contributed by atoms with van der Waals surface area (Å²) in [5.74, 6) is 0.550. The third-order valence-corrected chi connectivity index (χ3v) is 13.1. The van der Waals surface area contributed by atoms with Crippen LogP contribution in [0, 0.1) is 11.8 Å². The molecule has 0 bridgehead atoms. The number of carbonyl (C=O) groups excluding carboxylic acids is 1. The zero-order chi connectivity index (χ0) is 26.0. The lowest BCUT2D eigenvalue weighted by atomic mass is 9.90. The fraction of sp³-hybridized carbons (Fsp3) is 0.897. The molecule has 2 unspecified atom stereocenters. The zero-order valence-electron chi connectivity index (χ0n) is 23.5. The summed E-state index contributed by atoms with van der Waals surface area (Å²) in [6, 6.07) is 0. The number of hydrogen-bond donors (Lipinski definition) is 0. The Balaban J connectivity index is 1.75. The molecule has 0 aromatic heterocycles. The Bertz CT molecular complexity index is 663. The molecule has 208 valence electrons. The standard InChI is InChI=1S/C29H52O6Si/c1-29(2,3)36(4,5)33-22-24-23(15-9-7-6-8-12-18-30)25(34-27-16-10-13-19-31-27)21-26(24)35-28-17-11-14-20-32-28/h7,9,18,23-28H,6,8,10-17,19-22H2,1-5H3/b9-7-/t23-,24-,25+,26-,27?,28?/m1/s1. The van der Waals surface area contributed by atoms with Gasteiger partial charge in [-0.25, -0.2) is 0 Å². The van der Waals surface area contributed by atoms with Gasteiger partial charge in [0.15, 0.2) is 20.9 Å². The van der Waals surface area contributed by atoms with E-state index in [0.29, 0.717) is 18.9 Å². The van der Waals surface area contributed by atoms with Gasteiger partial charge in [0.05, 0.1) is 12.2 Å². The molecule has 3 aliphatic rings. The molecular weight excluding hydrogens is 472 g/mol. The maximum Gasteiger partial charge on any atom is 0.191 e. The number of ether oxygens (including phenoxy) is 4. The summed E-state index contributed by atoms with van der Waals surface area (Å²) in [7, 11) is -1.90. The van der Waals surface area contributed by atoms with E-state index in [1.54, 1.807) is 0 Å². The molecule has 7 heteroatoms. The summed E-state index contributed by atoms with van der Waals surface area (Å²) in [4.78, 5) is 10.7. The first-order valence-electron chi connectivity index (χ1n) is 14.5. The summed E-state index contributed by atoms with van der Waals surface area (Å²) in [5.41, 5.74) is 0. The van der Waals surface area contributed by atoms with Crippen LogP contribution in [0.3, 0.4) is 0 Å². The summed E-state index contributed by atoms with van der Waals surface area (Å²) in [6.45, 7) is 13.8. The Morgan fingerprint density at radius 2 is 1.47 bits per heavy atom. The molecule has 2 aliphatic heterocycles. The molecule has 36 heavy (non-hydrogen) atoms. The van der Waals surface area contributed by atoms with Gasteiger partial charge in [-0.2, -0.15) is 0 Å². The Kier molecular flexibility index (Phi) is 12.1. The Labute approximate surface area is 220 Å². The SMILES string of the molecule is CC(C)(C)[Si](C)(C)OC[C@@H]1[C@@H](C/C=C\CCCC=O)[C@@H](OC2CCCCO2)C[C@H]1OC1CCCCO1. The van der Waals surface area contributed by atoms with Crippen molar-refractivity contribution in [1.29, 1.82) is 0 Å². The van der Waals surface area contributed by atoms with E-state index in [2.05, 4.69) is 46.0 Å². The second-order valence-electron chi connectivity index (χ2n) is 12.4. The second-order valence-corrected chi connectivity index (χ2v) is 17.2. The molecule has 0 spiro atoms. The van der Waals surface area contributed by atoms with Gasteiger partial charge < -0.3 is 28.2 Å². The molecule has 1 aliphatic carbocycles. The first-order valence-corrected chi connectivity index (χ1v) is 17.4. The molecule has 0 N–H and O–H groups in total. The minimum atomic E-state index is -1.90. The molecule has 3 fully saturated rings. The monoisotopic (exact) mass is 524 g/mol. The minimum Gasteiger partial charge on any atom is -0.416 e. The van der Waals surface area contributed by atoms with Crippen LogP contribution in [0.5, 0.6) is 0 Å². The van der Waals surface area contributed by atoms with Gasteiger partial charge >= 0.3 is 0 Å². The normalized spacial score (nSPS) is 32.2. The second kappa shape index (κ2) is 14.5. The summed E-state index contributed by atoms with van der Waals surface area (Å²) >= 11 is 0. The van der Waals surface area contributed by atoms with Gasteiger partial charge in [-0.15, -0.1) is 0 Å². The van der Waals surface area contributed by atoms with Gasteiger partial charge in [-0.3, -0.25) is 0 Å². The van der Waals surface area contributed by atoms with E-state index in [0.717, 1.165) is 83.7 Å². The first-order chi connectivity index (χ1) is 17.2. The third-order valence-electron chi connectivity index (χ3n) is 8.61. The number of allylic oxidation sites excluding steroid dienone is 2. The van der Waals surface area contributed by atoms with E-state index in [-0.39, 0.29) is 35.7 Å². The highest BCUT2D eigenvalue weighted by atomic mass is 28.4. The lowest BCUT2D eigenvalue weighted by Gasteiger charge is -2.39. The number of unbranched alkanes of at least 4 members (excludes halogenated alkanes) is 2. The van der Waals surface area contributed by atoms with Gasteiger partial charge in [-0.05, 0) is 81.8 Å². The molecule has 6 atom stereocenters. The van der Waals surface area contributed by atoms with Crippen LogP contribution in [0.4, 0.5) is 0 Å². The molecule has 0 aromatic rings. The zero-order valence-corrected chi connectivity index (χ0v) is 24.5. The van der Waals surface area contributed by atoms with Crippen LogP contribution >= 0.6 is 0 Å². The number of carbonyl (C=O) groups is 1. The average Bonchev–Trinajstić information content (AvgIpc) is 3.16. The molecule has 2 saturated heterocycles. The van der Waals surface area contributed by atoms with Crippen LogP contribution in [0.15, 0.2) is 12.2 Å². The lowest BCUT2D eigenvalue weighted by molar-refractivity contribution is -0.204. The molecule has 0 aromatic carbocycles. The summed E-state index contributed by atoms with van der Waals surface area (Å²) < 4.78 is 32.0. The maximum absolute atomic E-state index is 10.7. The maximum atomic E-state index is 10.7. The quantitative estimate of drug-likeness (QED) is 0.114. The van der Waals surface area contributed by atoms with Gasteiger partial charge in [0.2, 0.25) is 0 Å².